The van der Waals surface area contributed by atoms with E-state index < -0.39 is 4.92 Å². The first kappa shape index (κ1) is 16.6. The average Bonchev–Trinajstić information content (AvgIpc) is 2.58. The summed E-state index contributed by atoms with van der Waals surface area (Å²) in [5.74, 6) is 0.0598. The molecule has 0 aliphatic rings. The number of nitrogens with zero attached hydrogens (tertiary/aromatic N) is 1. The number of nitro benzene ring substituents is 1. The maximum Gasteiger partial charge on any atom is 0.269 e. The number of hydrogen-bond acceptors (Lipinski definition) is 3. The van der Waals surface area contributed by atoms with Crippen LogP contribution >= 0.6 is 0 Å². The first-order valence-corrected chi connectivity index (χ1v) is 7.66. The normalized spacial score (nSPS) is 11.3. The summed E-state index contributed by atoms with van der Waals surface area (Å²) in [5.41, 5.74) is 2.26. The van der Waals surface area contributed by atoms with Crippen LogP contribution in [0.25, 0.3) is 11.6 Å². The number of unbranched alkanes of at least 4 members (excludes halogenated alkanes) is 1. The molecule has 0 aromatic heterocycles. The van der Waals surface area contributed by atoms with Crippen molar-refractivity contribution >= 4 is 23.1 Å². The van der Waals surface area contributed by atoms with Crippen molar-refractivity contribution in [1.29, 1.82) is 0 Å². The molecule has 2 rings (SSSR count). The summed E-state index contributed by atoms with van der Waals surface area (Å²) in [6.07, 6.45) is 4.11. The van der Waals surface area contributed by atoms with Crippen LogP contribution in [0.3, 0.4) is 0 Å². The van der Waals surface area contributed by atoms with E-state index in [9.17, 15) is 14.9 Å². The zero-order valence-corrected chi connectivity index (χ0v) is 13.1. The number of hydrogen-bond donors (Lipinski definition) is 0. The van der Waals surface area contributed by atoms with Crippen LogP contribution in [0.2, 0.25) is 0 Å². The SMILES string of the molecule is CCCCC(=O)/C(=C/c1ccccc1)c1ccc([N+](=O)[O-])cc1. The molecular formula is C19H19NO3. The van der Waals surface area contributed by atoms with Gasteiger partial charge in [0.1, 0.15) is 0 Å². The molecule has 0 fully saturated rings. The molecule has 2 aromatic carbocycles. The highest BCUT2D eigenvalue weighted by Gasteiger charge is 2.13. The molecule has 0 radical (unpaired) electrons. The molecule has 118 valence electrons. The first-order valence-electron chi connectivity index (χ1n) is 7.66. The highest BCUT2D eigenvalue weighted by atomic mass is 16.6. The summed E-state index contributed by atoms with van der Waals surface area (Å²) in [4.78, 5) is 22.9. The van der Waals surface area contributed by atoms with Crippen molar-refractivity contribution in [2.24, 2.45) is 0 Å². The molecule has 0 unspecified atom stereocenters. The van der Waals surface area contributed by atoms with Crippen molar-refractivity contribution in [1.82, 2.24) is 0 Å². The summed E-state index contributed by atoms with van der Waals surface area (Å²) in [5, 5.41) is 10.8. The second-order valence-electron chi connectivity index (χ2n) is 5.30. The molecule has 0 N–H and O–H groups in total. The molecule has 0 heterocycles. The molecule has 0 aliphatic carbocycles. The zero-order chi connectivity index (χ0) is 16.7. The van der Waals surface area contributed by atoms with Gasteiger partial charge in [0.2, 0.25) is 0 Å². The smallest absolute Gasteiger partial charge is 0.269 e. The van der Waals surface area contributed by atoms with Gasteiger partial charge in [0.05, 0.1) is 4.92 Å². The van der Waals surface area contributed by atoms with Gasteiger partial charge in [-0.15, -0.1) is 0 Å². The minimum absolute atomic E-state index is 0.0221. The van der Waals surface area contributed by atoms with Gasteiger partial charge >= 0.3 is 0 Å². The van der Waals surface area contributed by atoms with E-state index in [-0.39, 0.29) is 11.5 Å². The van der Waals surface area contributed by atoms with Crippen molar-refractivity contribution in [2.45, 2.75) is 26.2 Å². The van der Waals surface area contributed by atoms with Crippen molar-refractivity contribution in [3.8, 4) is 0 Å². The maximum atomic E-state index is 12.5. The molecule has 0 aliphatic heterocycles. The van der Waals surface area contributed by atoms with E-state index in [1.165, 1.54) is 12.1 Å². The Morgan fingerprint density at radius 2 is 1.74 bits per heavy atom. The third-order valence-electron chi connectivity index (χ3n) is 3.56. The predicted octanol–water partition coefficient (Wildman–Crippen LogP) is 4.89. The quantitative estimate of drug-likeness (QED) is 0.316. The van der Waals surface area contributed by atoms with Gasteiger partial charge in [-0.3, -0.25) is 14.9 Å². The summed E-state index contributed by atoms with van der Waals surface area (Å²) in [7, 11) is 0. The fourth-order valence-corrected chi connectivity index (χ4v) is 2.28. The molecule has 0 bridgehead atoms. The van der Waals surface area contributed by atoms with Gasteiger partial charge < -0.3 is 0 Å². The Kier molecular flexibility index (Phi) is 5.80. The number of nitro groups is 1. The van der Waals surface area contributed by atoms with Gasteiger partial charge in [-0.2, -0.15) is 0 Å². The Hall–Kier alpha value is -2.75. The Labute approximate surface area is 135 Å². The zero-order valence-electron chi connectivity index (χ0n) is 13.1. The fraction of sp³-hybridized carbons (Fsp3) is 0.211. The number of benzene rings is 2. The summed E-state index contributed by atoms with van der Waals surface area (Å²) in [6.45, 7) is 2.04. The Bertz CT molecular complexity index is 703. The maximum absolute atomic E-state index is 12.5. The fourth-order valence-electron chi connectivity index (χ4n) is 2.28. The second kappa shape index (κ2) is 8.03. The van der Waals surface area contributed by atoms with E-state index >= 15 is 0 Å². The van der Waals surface area contributed by atoms with Crippen LogP contribution in [0.4, 0.5) is 5.69 Å². The third kappa shape index (κ3) is 4.61. The lowest BCUT2D eigenvalue weighted by Crippen LogP contribution is -2.02. The molecule has 0 atom stereocenters. The van der Waals surface area contributed by atoms with E-state index in [2.05, 4.69) is 0 Å². The Morgan fingerprint density at radius 1 is 1.09 bits per heavy atom. The topological polar surface area (TPSA) is 60.2 Å². The number of non-ortho nitro benzene ring substituents is 1. The molecule has 0 amide bonds. The molecule has 0 spiro atoms. The van der Waals surface area contributed by atoms with Crippen molar-refractivity contribution in [2.75, 3.05) is 0 Å². The summed E-state index contributed by atoms with van der Waals surface area (Å²) in [6, 6.07) is 15.7. The van der Waals surface area contributed by atoms with Crippen molar-refractivity contribution in [3.05, 3.63) is 75.8 Å². The number of allylic oxidation sites excluding steroid dienone is 1. The number of Topliss-reactive ketones (excluding diaryl/α,β-unsaturated/α-hetero) is 1. The number of ketones is 1. The largest absolute Gasteiger partial charge is 0.294 e. The highest BCUT2D eigenvalue weighted by Crippen LogP contribution is 2.24. The van der Waals surface area contributed by atoms with Crippen LogP contribution in [0.1, 0.15) is 37.3 Å². The Morgan fingerprint density at radius 3 is 2.30 bits per heavy atom. The third-order valence-corrected chi connectivity index (χ3v) is 3.56. The molecular weight excluding hydrogens is 290 g/mol. The van der Waals surface area contributed by atoms with E-state index in [0.717, 1.165) is 18.4 Å². The predicted molar refractivity (Wildman–Crippen MR) is 91.9 cm³/mol. The van der Waals surface area contributed by atoms with Crippen LogP contribution in [-0.4, -0.2) is 10.7 Å². The van der Waals surface area contributed by atoms with Gasteiger partial charge in [-0.25, -0.2) is 0 Å². The molecule has 0 saturated heterocycles. The minimum Gasteiger partial charge on any atom is -0.294 e. The number of carbonyl (C=O) groups excluding carboxylic acids is 1. The van der Waals surface area contributed by atoms with Crippen LogP contribution in [0, 0.1) is 10.1 Å². The van der Waals surface area contributed by atoms with Gasteiger partial charge in [0, 0.05) is 24.1 Å². The van der Waals surface area contributed by atoms with Crippen LogP contribution in [-0.2, 0) is 4.79 Å². The average molecular weight is 309 g/mol. The van der Waals surface area contributed by atoms with Crippen LogP contribution < -0.4 is 0 Å². The minimum atomic E-state index is -0.441. The monoisotopic (exact) mass is 309 g/mol. The molecule has 4 nitrogen and oxygen atoms in total. The van der Waals surface area contributed by atoms with Gasteiger partial charge in [0.25, 0.3) is 5.69 Å². The lowest BCUT2D eigenvalue weighted by molar-refractivity contribution is -0.384. The standard InChI is InChI=1S/C19H19NO3/c1-2-3-9-19(21)18(14-15-7-5-4-6-8-15)16-10-12-17(13-11-16)20(22)23/h4-8,10-14H,2-3,9H2,1H3/b18-14+. The Balaban J connectivity index is 2.38. The van der Waals surface area contributed by atoms with E-state index in [1.807, 2.05) is 43.3 Å². The summed E-state index contributed by atoms with van der Waals surface area (Å²) >= 11 is 0. The molecule has 2 aromatic rings. The number of rotatable bonds is 7. The lowest BCUT2D eigenvalue weighted by atomic mass is 9.96. The summed E-state index contributed by atoms with van der Waals surface area (Å²) < 4.78 is 0. The highest BCUT2D eigenvalue weighted by molar-refractivity contribution is 6.25. The van der Waals surface area contributed by atoms with E-state index in [0.29, 0.717) is 17.6 Å². The van der Waals surface area contributed by atoms with E-state index in [4.69, 9.17) is 0 Å². The first-order chi connectivity index (χ1) is 11.1. The molecule has 23 heavy (non-hydrogen) atoms. The second-order valence-corrected chi connectivity index (χ2v) is 5.30. The lowest BCUT2D eigenvalue weighted by Gasteiger charge is -2.07. The van der Waals surface area contributed by atoms with Crippen molar-refractivity contribution < 1.29 is 9.72 Å². The van der Waals surface area contributed by atoms with Gasteiger partial charge in [-0.05, 0) is 35.8 Å². The van der Waals surface area contributed by atoms with Crippen molar-refractivity contribution in [3.63, 3.8) is 0 Å². The molecule has 4 heteroatoms. The van der Waals surface area contributed by atoms with Gasteiger partial charge in [-0.1, -0.05) is 43.7 Å². The van der Waals surface area contributed by atoms with E-state index in [1.54, 1.807) is 12.1 Å². The molecule has 0 saturated carbocycles. The number of carbonyl (C=O) groups is 1. The van der Waals surface area contributed by atoms with Crippen LogP contribution in [0.5, 0.6) is 0 Å². The van der Waals surface area contributed by atoms with Gasteiger partial charge in [0.15, 0.2) is 5.78 Å². The van der Waals surface area contributed by atoms with Crippen LogP contribution in [0.15, 0.2) is 54.6 Å².